The average Bonchev–Trinajstić information content (AvgIpc) is 3.15. The number of ether oxygens (including phenoxy) is 2. The number of halogens is 1. The number of thioether (sulfide) groups is 1. The number of benzene rings is 3. The summed E-state index contributed by atoms with van der Waals surface area (Å²) in [5.41, 5.74) is 1.77. The van der Waals surface area contributed by atoms with E-state index in [1.807, 2.05) is 25.1 Å². The first kappa shape index (κ1) is 23.3. The van der Waals surface area contributed by atoms with Gasteiger partial charge in [0.15, 0.2) is 6.10 Å². The zero-order valence-electron chi connectivity index (χ0n) is 18.7. The fraction of sp³-hybridized carbons (Fsp3) is 0.192. The van der Waals surface area contributed by atoms with E-state index in [1.54, 1.807) is 59.5 Å². The maximum Gasteiger partial charge on any atom is 0.293 e. The molecule has 2 heterocycles. The van der Waals surface area contributed by atoms with Gasteiger partial charge in [-0.2, -0.15) is 0 Å². The van der Waals surface area contributed by atoms with Gasteiger partial charge in [-0.1, -0.05) is 48.0 Å². The molecule has 1 saturated heterocycles. The van der Waals surface area contributed by atoms with Crippen molar-refractivity contribution in [1.29, 1.82) is 0 Å². The molecule has 0 radical (unpaired) electrons. The van der Waals surface area contributed by atoms with Crippen LogP contribution in [0.3, 0.4) is 0 Å². The second-order valence-electron chi connectivity index (χ2n) is 7.94. The van der Waals surface area contributed by atoms with Crippen LogP contribution in [-0.2, 0) is 16.1 Å². The van der Waals surface area contributed by atoms with Crippen molar-refractivity contribution in [2.24, 2.45) is 0 Å². The summed E-state index contributed by atoms with van der Waals surface area (Å²) in [7, 11) is 0. The molecule has 0 bridgehead atoms. The van der Waals surface area contributed by atoms with Crippen molar-refractivity contribution in [3.63, 3.8) is 0 Å². The number of imide groups is 1. The van der Waals surface area contributed by atoms with Gasteiger partial charge in [0.2, 0.25) is 0 Å². The standard InChI is InChI=1S/C26H21ClN2O5S/c1-2-33-20-12-5-4-11-19(20)29-25(31)23(35-26(29)32)22-24(30)28(15-16-8-7-9-17(27)14-16)18-10-3-6-13-21(18)34-22/h3-14,22-23H,2,15H2,1H3. The highest BCUT2D eigenvalue weighted by atomic mass is 35.5. The Hall–Kier alpha value is -3.49. The Morgan fingerprint density at radius 1 is 0.943 bits per heavy atom. The molecule has 178 valence electrons. The molecule has 1 fully saturated rings. The Labute approximate surface area is 211 Å². The summed E-state index contributed by atoms with van der Waals surface area (Å²) >= 11 is 6.93. The Kier molecular flexibility index (Phi) is 6.40. The molecule has 2 aliphatic rings. The van der Waals surface area contributed by atoms with Crippen LogP contribution in [-0.4, -0.2) is 35.0 Å². The van der Waals surface area contributed by atoms with Crippen molar-refractivity contribution < 1.29 is 23.9 Å². The van der Waals surface area contributed by atoms with Gasteiger partial charge < -0.3 is 14.4 Å². The minimum atomic E-state index is -1.17. The van der Waals surface area contributed by atoms with Gasteiger partial charge in [-0.3, -0.25) is 14.4 Å². The number of carbonyl (C=O) groups is 3. The van der Waals surface area contributed by atoms with Gasteiger partial charge in [0.05, 0.1) is 24.5 Å². The van der Waals surface area contributed by atoms with E-state index in [9.17, 15) is 14.4 Å². The summed E-state index contributed by atoms with van der Waals surface area (Å²) in [6.07, 6.45) is -1.17. The lowest BCUT2D eigenvalue weighted by Gasteiger charge is -2.35. The molecule has 0 saturated carbocycles. The molecule has 9 heteroatoms. The van der Waals surface area contributed by atoms with E-state index in [-0.39, 0.29) is 6.54 Å². The normalized spacial score (nSPS) is 19.5. The Morgan fingerprint density at radius 2 is 1.69 bits per heavy atom. The fourth-order valence-corrected chi connectivity index (χ4v) is 5.39. The molecule has 35 heavy (non-hydrogen) atoms. The molecule has 2 unspecified atom stereocenters. The molecule has 2 atom stereocenters. The van der Waals surface area contributed by atoms with Crippen LogP contribution in [0.25, 0.3) is 0 Å². The van der Waals surface area contributed by atoms with Gasteiger partial charge >= 0.3 is 0 Å². The number of carbonyl (C=O) groups excluding carboxylic acids is 3. The van der Waals surface area contributed by atoms with E-state index >= 15 is 0 Å². The maximum atomic E-state index is 13.7. The van der Waals surface area contributed by atoms with Gasteiger partial charge in [-0.25, -0.2) is 4.90 Å². The molecule has 0 aliphatic carbocycles. The van der Waals surface area contributed by atoms with Crippen LogP contribution >= 0.6 is 23.4 Å². The average molecular weight is 509 g/mol. The maximum absolute atomic E-state index is 13.7. The zero-order valence-corrected chi connectivity index (χ0v) is 20.3. The molecule has 3 aromatic rings. The largest absolute Gasteiger partial charge is 0.492 e. The zero-order chi connectivity index (χ0) is 24.5. The van der Waals surface area contributed by atoms with Gasteiger partial charge in [0.1, 0.15) is 16.7 Å². The highest BCUT2D eigenvalue weighted by molar-refractivity contribution is 8.16. The summed E-state index contributed by atoms with van der Waals surface area (Å²) in [4.78, 5) is 42.8. The second-order valence-corrected chi connectivity index (χ2v) is 9.47. The van der Waals surface area contributed by atoms with Crippen LogP contribution in [0.5, 0.6) is 11.5 Å². The minimum absolute atomic E-state index is 0.243. The molecule has 7 nitrogen and oxygen atoms in total. The van der Waals surface area contributed by atoms with Crippen molar-refractivity contribution in [1.82, 2.24) is 0 Å². The lowest BCUT2D eigenvalue weighted by molar-refractivity contribution is -0.130. The first-order chi connectivity index (χ1) is 17.0. The molecule has 0 N–H and O–H groups in total. The number of anilines is 2. The summed E-state index contributed by atoms with van der Waals surface area (Å²) in [5.74, 6) is -0.0373. The molecular weight excluding hydrogens is 488 g/mol. The first-order valence-corrected chi connectivity index (χ1v) is 12.3. The van der Waals surface area contributed by atoms with Crippen LogP contribution in [0.15, 0.2) is 72.8 Å². The number of fused-ring (bicyclic) bond motifs is 1. The fourth-order valence-electron chi connectivity index (χ4n) is 4.17. The molecule has 2 aliphatic heterocycles. The topological polar surface area (TPSA) is 76.2 Å². The van der Waals surface area contributed by atoms with E-state index in [0.29, 0.717) is 34.5 Å². The monoisotopic (exact) mass is 508 g/mol. The Bertz CT molecular complexity index is 1320. The number of nitrogens with zero attached hydrogens (tertiary/aromatic N) is 2. The SMILES string of the molecule is CCOc1ccccc1N1C(=O)SC(C2Oc3ccccc3N(Cc3cccc(Cl)c3)C2=O)C1=O. The highest BCUT2D eigenvalue weighted by Gasteiger charge is 2.51. The number of amides is 3. The predicted octanol–water partition coefficient (Wildman–Crippen LogP) is 5.30. The smallest absolute Gasteiger partial charge is 0.293 e. The van der Waals surface area contributed by atoms with Crippen molar-refractivity contribution >= 4 is 51.8 Å². The molecule has 0 spiro atoms. The number of para-hydroxylation sites is 4. The third kappa shape index (κ3) is 4.35. The third-order valence-corrected chi connectivity index (χ3v) is 7.03. The van der Waals surface area contributed by atoms with E-state index in [1.165, 1.54) is 0 Å². The third-order valence-electron chi connectivity index (χ3n) is 5.70. The van der Waals surface area contributed by atoms with Crippen molar-refractivity contribution in [3.8, 4) is 11.5 Å². The van der Waals surface area contributed by atoms with Crippen LogP contribution in [0.4, 0.5) is 16.2 Å². The van der Waals surface area contributed by atoms with Crippen LogP contribution in [0.2, 0.25) is 5.02 Å². The number of rotatable bonds is 6. The molecule has 3 aromatic carbocycles. The number of hydrogen-bond donors (Lipinski definition) is 0. The lowest BCUT2D eigenvalue weighted by atomic mass is 10.1. The van der Waals surface area contributed by atoms with E-state index in [0.717, 1.165) is 22.2 Å². The Morgan fingerprint density at radius 3 is 2.46 bits per heavy atom. The summed E-state index contributed by atoms with van der Waals surface area (Å²) in [5, 5.41) is -0.965. The van der Waals surface area contributed by atoms with Gasteiger partial charge in [-0.05, 0) is 60.6 Å². The van der Waals surface area contributed by atoms with E-state index in [4.69, 9.17) is 21.1 Å². The van der Waals surface area contributed by atoms with Crippen LogP contribution in [0.1, 0.15) is 12.5 Å². The predicted molar refractivity (Wildman–Crippen MR) is 135 cm³/mol. The van der Waals surface area contributed by atoms with Gasteiger partial charge in [-0.15, -0.1) is 0 Å². The summed E-state index contributed by atoms with van der Waals surface area (Å²) in [6.45, 7) is 2.44. The second kappa shape index (κ2) is 9.64. The first-order valence-electron chi connectivity index (χ1n) is 11.1. The molecule has 0 aromatic heterocycles. The summed E-state index contributed by atoms with van der Waals surface area (Å²) in [6, 6.07) is 21.2. The Balaban J connectivity index is 1.48. The van der Waals surface area contributed by atoms with Crippen molar-refractivity contribution in [3.05, 3.63) is 83.4 Å². The molecule has 5 rings (SSSR count). The van der Waals surface area contributed by atoms with Crippen molar-refractivity contribution in [2.75, 3.05) is 16.4 Å². The van der Waals surface area contributed by atoms with Gasteiger partial charge in [0, 0.05) is 5.02 Å². The van der Waals surface area contributed by atoms with Crippen LogP contribution < -0.4 is 19.3 Å². The van der Waals surface area contributed by atoms with E-state index < -0.39 is 28.4 Å². The minimum Gasteiger partial charge on any atom is -0.492 e. The van der Waals surface area contributed by atoms with Gasteiger partial charge in [0.25, 0.3) is 17.1 Å². The van der Waals surface area contributed by atoms with E-state index in [2.05, 4.69) is 0 Å². The highest BCUT2D eigenvalue weighted by Crippen LogP contribution is 2.42. The quantitative estimate of drug-likeness (QED) is 0.449. The lowest BCUT2D eigenvalue weighted by Crippen LogP contribution is -2.52. The number of hydrogen-bond acceptors (Lipinski definition) is 6. The summed E-state index contributed by atoms with van der Waals surface area (Å²) < 4.78 is 11.6. The molecule has 3 amide bonds. The van der Waals surface area contributed by atoms with Crippen LogP contribution in [0, 0.1) is 0 Å². The van der Waals surface area contributed by atoms with Crippen molar-refractivity contribution in [2.45, 2.75) is 24.8 Å². The molecular formula is C26H21ClN2O5S.